The minimum Gasteiger partial charge on any atom is -0.395 e. The summed E-state index contributed by atoms with van der Waals surface area (Å²) in [6.07, 6.45) is 4.30. The number of pyridine rings is 1. The van der Waals surface area contributed by atoms with E-state index >= 15 is 0 Å². The smallest absolute Gasteiger partial charge is 0.225 e. The molecular weight excluding hydrogens is 340 g/mol. The maximum atomic E-state index is 12.4. The standard InChI is InChI=1S/C21H34N4O2/c1-17-4-3-5-19(22-17)16-24-10-8-20(9-11-24)25-12-6-18(7-13-25)21(27)23(2)14-15-26/h3-5,18,20,26H,6-16H2,1-2H3. The Balaban J connectivity index is 1.41. The number of carbonyl (C=O) groups excluding carboxylic acids is 1. The molecule has 0 aromatic carbocycles. The van der Waals surface area contributed by atoms with Gasteiger partial charge in [-0.25, -0.2) is 0 Å². The van der Waals surface area contributed by atoms with Gasteiger partial charge in [0.05, 0.1) is 12.3 Å². The lowest BCUT2D eigenvalue weighted by Crippen LogP contribution is -2.49. The number of likely N-dealkylation sites (tertiary alicyclic amines) is 2. The number of nitrogens with zero attached hydrogens (tertiary/aromatic N) is 4. The first kappa shape index (κ1) is 20.2. The number of hydrogen-bond donors (Lipinski definition) is 1. The van der Waals surface area contributed by atoms with Crippen LogP contribution in [0.2, 0.25) is 0 Å². The number of carbonyl (C=O) groups is 1. The number of aliphatic hydroxyl groups is 1. The summed E-state index contributed by atoms with van der Waals surface area (Å²) in [5.74, 6) is 0.328. The van der Waals surface area contributed by atoms with Crippen molar-refractivity contribution in [1.82, 2.24) is 19.7 Å². The Hall–Kier alpha value is -1.50. The van der Waals surface area contributed by atoms with Crippen molar-refractivity contribution in [2.75, 3.05) is 46.4 Å². The van der Waals surface area contributed by atoms with Gasteiger partial charge < -0.3 is 14.9 Å². The van der Waals surface area contributed by atoms with E-state index in [4.69, 9.17) is 5.11 Å². The zero-order valence-corrected chi connectivity index (χ0v) is 16.8. The molecule has 2 fully saturated rings. The average Bonchev–Trinajstić information content (AvgIpc) is 2.68. The molecule has 1 amide bonds. The van der Waals surface area contributed by atoms with Crippen LogP contribution in [-0.2, 0) is 11.3 Å². The van der Waals surface area contributed by atoms with Crippen molar-refractivity contribution in [3.63, 3.8) is 0 Å². The molecular formula is C21H34N4O2. The van der Waals surface area contributed by atoms with Crippen LogP contribution >= 0.6 is 0 Å². The molecule has 1 aromatic heterocycles. The lowest BCUT2D eigenvalue weighted by molar-refractivity contribution is -0.136. The zero-order chi connectivity index (χ0) is 19.2. The van der Waals surface area contributed by atoms with Crippen LogP contribution in [0.4, 0.5) is 0 Å². The van der Waals surface area contributed by atoms with Crippen LogP contribution in [0.25, 0.3) is 0 Å². The van der Waals surface area contributed by atoms with E-state index in [0.717, 1.165) is 51.3 Å². The molecule has 1 N–H and O–H groups in total. The minimum absolute atomic E-state index is 0.0394. The van der Waals surface area contributed by atoms with Gasteiger partial charge in [-0.2, -0.15) is 0 Å². The predicted octanol–water partition coefficient (Wildman–Crippen LogP) is 1.52. The highest BCUT2D eigenvalue weighted by Gasteiger charge is 2.31. The fourth-order valence-electron chi connectivity index (χ4n) is 4.44. The largest absolute Gasteiger partial charge is 0.395 e. The molecule has 0 saturated carbocycles. The van der Waals surface area contributed by atoms with E-state index in [1.54, 1.807) is 11.9 Å². The Morgan fingerprint density at radius 1 is 1.19 bits per heavy atom. The predicted molar refractivity (Wildman–Crippen MR) is 106 cm³/mol. The van der Waals surface area contributed by atoms with Gasteiger partial charge in [0, 0.05) is 50.9 Å². The molecule has 0 unspecified atom stereocenters. The summed E-state index contributed by atoms with van der Waals surface area (Å²) in [4.78, 5) is 23.8. The molecule has 0 spiro atoms. The number of aromatic nitrogens is 1. The van der Waals surface area contributed by atoms with E-state index in [0.29, 0.717) is 12.6 Å². The molecule has 0 radical (unpaired) electrons. The second-order valence-electron chi connectivity index (χ2n) is 8.07. The van der Waals surface area contributed by atoms with E-state index in [1.165, 1.54) is 18.5 Å². The molecule has 2 aliphatic heterocycles. The normalized spacial score (nSPS) is 20.7. The van der Waals surface area contributed by atoms with Gasteiger partial charge in [0.2, 0.25) is 5.91 Å². The maximum absolute atomic E-state index is 12.4. The Labute approximate surface area is 163 Å². The van der Waals surface area contributed by atoms with Crippen LogP contribution in [0.3, 0.4) is 0 Å². The first-order valence-corrected chi connectivity index (χ1v) is 10.3. The van der Waals surface area contributed by atoms with Gasteiger partial charge in [-0.3, -0.25) is 14.7 Å². The second-order valence-corrected chi connectivity index (χ2v) is 8.07. The molecule has 3 rings (SSSR count). The Morgan fingerprint density at radius 3 is 2.52 bits per heavy atom. The maximum Gasteiger partial charge on any atom is 0.225 e. The summed E-state index contributed by atoms with van der Waals surface area (Å²) in [6.45, 7) is 7.76. The highest BCUT2D eigenvalue weighted by Crippen LogP contribution is 2.25. The van der Waals surface area contributed by atoms with Crippen LogP contribution in [0.5, 0.6) is 0 Å². The van der Waals surface area contributed by atoms with Gasteiger partial charge in [0.1, 0.15) is 0 Å². The molecule has 27 heavy (non-hydrogen) atoms. The first-order valence-electron chi connectivity index (χ1n) is 10.3. The summed E-state index contributed by atoms with van der Waals surface area (Å²) in [6, 6.07) is 6.91. The highest BCUT2D eigenvalue weighted by atomic mass is 16.3. The number of hydrogen-bond acceptors (Lipinski definition) is 5. The van der Waals surface area contributed by atoms with Crippen molar-refractivity contribution in [1.29, 1.82) is 0 Å². The number of piperidine rings is 2. The molecule has 1 aromatic rings. The van der Waals surface area contributed by atoms with Crippen molar-refractivity contribution in [2.45, 2.75) is 45.2 Å². The van der Waals surface area contributed by atoms with Crippen molar-refractivity contribution < 1.29 is 9.90 Å². The molecule has 0 aliphatic carbocycles. The summed E-state index contributed by atoms with van der Waals surface area (Å²) >= 11 is 0. The van der Waals surface area contributed by atoms with E-state index < -0.39 is 0 Å². The average molecular weight is 375 g/mol. The first-order chi connectivity index (χ1) is 13.1. The number of likely N-dealkylation sites (N-methyl/N-ethyl adjacent to an activating group) is 1. The minimum atomic E-state index is 0.0394. The van der Waals surface area contributed by atoms with Crippen molar-refractivity contribution in [3.05, 3.63) is 29.6 Å². The third-order valence-corrected chi connectivity index (χ3v) is 6.10. The van der Waals surface area contributed by atoms with Crippen LogP contribution in [0, 0.1) is 12.8 Å². The Morgan fingerprint density at radius 2 is 1.89 bits per heavy atom. The molecule has 0 bridgehead atoms. The zero-order valence-electron chi connectivity index (χ0n) is 16.8. The second kappa shape index (κ2) is 9.62. The third kappa shape index (κ3) is 5.50. The van der Waals surface area contributed by atoms with Gasteiger partial charge in [0.15, 0.2) is 0 Å². The summed E-state index contributed by atoms with van der Waals surface area (Å²) in [5, 5.41) is 9.01. The molecule has 6 heteroatoms. The van der Waals surface area contributed by atoms with Crippen LogP contribution < -0.4 is 0 Å². The van der Waals surface area contributed by atoms with Gasteiger partial charge in [0.25, 0.3) is 0 Å². The van der Waals surface area contributed by atoms with Crippen molar-refractivity contribution in [2.24, 2.45) is 5.92 Å². The van der Waals surface area contributed by atoms with Gasteiger partial charge >= 0.3 is 0 Å². The molecule has 6 nitrogen and oxygen atoms in total. The Kier molecular flexibility index (Phi) is 7.21. The fraction of sp³-hybridized carbons (Fsp3) is 0.714. The van der Waals surface area contributed by atoms with Crippen LogP contribution in [-0.4, -0.2) is 83.1 Å². The fourth-order valence-corrected chi connectivity index (χ4v) is 4.44. The molecule has 150 valence electrons. The lowest BCUT2D eigenvalue weighted by atomic mass is 9.92. The number of aryl methyl sites for hydroxylation is 1. The Bertz CT molecular complexity index is 608. The summed E-state index contributed by atoms with van der Waals surface area (Å²) < 4.78 is 0. The molecule has 0 atom stereocenters. The topological polar surface area (TPSA) is 59.9 Å². The lowest BCUT2D eigenvalue weighted by Gasteiger charge is -2.42. The van der Waals surface area contributed by atoms with Crippen molar-refractivity contribution in [3.8, 4) is 0 Å². The number of rotatable bonds is 6. The van der Waals surface area contributed by atoms with E-state index in [-0.39, 0.29) is 18.4 Å². The van der Waals surface area contributed by atoms with Crippen LogP contribution in [0.1, 0.15) is 37.1 Å². The van der Waals surface area contributed by atoms with E-state index in [9.17, 15) is 4.79 Å². The van der Waals surface area contributed by atoms with Gasteiger partial charge in [-0.15, -0.1) is 0 Å². The van der Waals surface area contributed by atoms with Gasteiger partial charge in [-0.05, 0) is 57.8 Å². The molecule has 2 saturated heterocycles. The third-order valence-electron chi connectivity index (χ3n) is 6.10. The summed E-state index contributed by atoms with van der Waals surface area (Å²) in [7, 11) is 1.80. The monoisotopic (exact) mass is 374 g/mol. The highest BCUT2D eigenvalue weighted by molar-refractivity contribution is 5.78. The SMILES string of the molecule is Cc1cccc(CN2CCC(N3CCC(C(=O)N(C)CCO)CC3)CC2)n1. The molecule has 2 aliphatic rings. The number of amides is 1. The van der Waals surface area contributed by atoms with E-state index in [1.807, 2.05) is 13.0 Å². The quantitative estimate of drug-likeness (QED) is 0.818. The molecule has 3 heterocycles. The van der Waals surface area contributed by atoms with E-state index in [2.05, 4.69) is 26.9 Å². The summed E-state index contributed by atoms with van der Waals surface area (Å²) in [5.41, 5.74) is 2.25. The van der Waals surface area contributed by atoms with Gasteiger partial charge in [-0.1, -0.05) is 6.07 Å². The van der Waals surface area contributed by atoms with Crippen LogP contribution in [0.15, 0.2) is 18.2 Å². The van der Waals surface area contributed by atoms with Crippen molar-refractivity contribution >= 4 is 5.91 Å². The number of aliphatic hydroxyl groups excluding tert-OH is 1.